The fraction of sp³-hybridized carbons (Fsp3) is 0.292. The molecule has 1 aromatic heterocycles. The van der Waals surface area contributed by atoms with Crippen molar-refractivity contribution in [3.63, 3.8) is 0 Å². The molecule has 0 amide bonds. The van der Waals surface area contributed by atoms with Crippen LogP contribution < -0.4 is 15.1 Å². The van der Waals surface area contributed by atoms with Crippen LogP contribution in [0, 0.1) is 5.92 Å². The first kappa shape index (κ1) is 21.7. The summed E-state index contributed by atoms with van der Waals surface area (Å²) in [5.74, 6) is 0.887. The van der Waals surface area contributed by atoms with Gasteiger partial charge in [-0.05, 0) is 49.7 Å². The van der Waals surface area contributed by atoms with Gasteiger partial charge in [-0.1, -0.05) is 81.4 Å². The maximum atomic E-state index is 12.2. The predicted octanol–water partition coefficient (Wildman–Crippen LogP) is 4.78. The molecule has 29 heavy (non-hydrogen) atoms. The average Bonchev–Trinajstić information content (AvgIpc) is 2.73. The Morgan fingerprint density at radius 1 is 0.966 bits per heavy atom. The molecule has 0 aliphatic carbocycles. The first-order chi connectivity index (χ1) is 13.8. The van der Waals surface area contributed by atoms with Crippen LogP contribution in [0.3, 0.4) is 0 Å². The number of hydrogen-bond donors (Lipinski definition) is 1. The highest BCUT2D eigenvalue weighted by molar-refractivity contribution is 9.10. The molecule has 2 aromatic carbocycles. The van der Waals surface area contributed by atoms with Gasteiger partial charge < -0.3 is 9.53 Å². The first-order valence-corrected chi connectivity index (χ1v) is 12.6. The fourth-order valence-electron chi connectivity index (χ4n) is 4.06. The molecule has 1 heterocycles. The fourth-order valence-corrected chi connectivity index (χ4v) is 8.18. The van der Waals surface area contributed by atoms with Gasteiger partial charge in [0.25, 0.3) is 8.32 Å². The zero-order valence-electron chi connectivity index (χ0n) is 17.2. The third-order valence-electron chi connectivity index (χ3n) is 5.44. The van der Waals surface area contributed by atoms with Gasteiger partial charge in [0.15, 0.2) is 0 Å². The van der Waals surface area contributed by atoms with Crippen molar-refractivity contribution in [3.05, 3.63) is 83.5 Å². The van der Waals surface area contributed by atoms with Crippen molar-refractivity contribution < 1.29 is 9.53 Å². The second-order valence-corrected chi connectivity index (χ2v) is 13.1. The van der Waals surface area contributed by atoms with Gasteiger partial charge in [0.2, 0.25) is 5.88 Å². The molecule has 0 aliphatic rings. The molecular weight excluding hydrogens is 442 g/mol. The van der Waals surface area contributed by atoms with E-state index < -0.39 is 8.32 Å². The summed E-state index contributed by atoms with van der Waals surface area (Å²) in [6, 6.07) is 24.1. The number of rotatable bonds is 8. The maximum absolute atomic E-state index is 12.2. The molecule has 0 saturated heterocycles. The summed E-state index contributed by atoms with van der Waals surface area (Å²) in [5.41, 5.74) is 0. The van der Waals surface area contributed by atoms with E-state index in [1.165, 1.54) is 0 Å². The van der Waals surface area contributed by atoms with Gasteiger partial charge in [0.05, 0.1) is 6.61 Å². The smallest absolute Gasteiger partial charge is 0.258 e. The summed E-state index contributed by atoms with van der Waals surface area (Å²) < 4.78 is 6.83. The lowest BCUT2D eigenvalue weighted by Gasteiger charge is -2.42. The standard InChI is InChI=1S/C24H28BrNO2Si/c1-19(18-28-23-15-14-20(25)17-26-23)16-24(2,3)29(27,21-10-6-4-7-11-21)22-12-8-5-9-13-22/h4-15,17,19,27H,16,18H2,1-3H3. The van der Waals surface area contributed by atoms with Gasteiger partial charge in [-0.25, -0.2) is 4.98 Å². The van der Waals surface area contributed by atoms with Crippen molar-refractivity contribution in [2.75, 3.05) is 6.61 Å². The summed E-state index contributed by atoms with van der Waals surface area (Å²) in [6.07, 6.45) is 2.58. The van der Waals surface area contributed by atoms with Gasteiger partial charge in [-0.2, -0.15) is 0 Å². The lowest BCUT2D eigenvalue weighted by molar-refractivity contribution is 0.229. The lowest BCUT2D eigenvalue weighted by atomic mass is 9.98. The third kappa shape index (κ3) is 4.97. The van der Waals surface area contributed by atoms with Crippen LogP contribution in [0.4, 0.5) is 0 Å². The summed E-state index contributed by atoms with van der Waals surface area (Å²) in [4.78, 5) is 16.5. The van der Waals surface area contributed by atoms with Gasteiger partial charge in [0.1, 0.15) is 0 Å². The normalized spacial score (nSPS) is 13.1. The van der Waals surface area contributed by atoms with Gasteiger partial charge in [-0.15, -0.1) is 0 Å². The minimum atomic E-state index is -2.99. The highest BCUT2D eigenvalue weighted by atomic mass is 79.9. The van der Waals surface area contributed by atoms with Crippen molar-refractivity contribution in [2.45, 2.75) is 32.2 Å². The predicted molar refractivity (Wildman–Crippen MR) is 125 cm³/mol. The molecule has 0 spiro atoms. The van der Waals surface area contributed by atoms with E-state index in [1.54, 1.807) is 6.20 Å². The van der Waals surface area contributed by atoms with Gasteiger partial charge in [-0.3, -0.25) is 0 Å². The highest BCUT2D eigenvalue weighted by Crippen LogP contribution is 2.41. The molecule has 5 heteroatoms. The Bertz CT molecular complexity index is 862. The Kier molecular flexibility index (Phi) is 6.93. The van der Waals surface area contributed by atoms with Crippen molar-refractivity contribution in [1.82, 2.24) is 4.98 Å². The molecule has 1 unspecified atom stereocenters. The van der Waals surface area contributed by atoms with Crippen LogP contribution in [-0.4, -0.2) is 24.7 Å². The molecule has 0 radical (unpaired) electrons. The molecule has 152 valence electrons. The van der Waals surface area contributed by atoms with Crippen LogP contribution in [0.1, 0.15) is 27.2 Å². The summed E-state index contributed by atoms with van der Waals surface area (Å²) in [5, 5.41) is 1.80. The highest BCUT2D eigenvalue weighted by Gasteiger charge is 2.50. The molecule has 0 bridgehead atoms. The number of nitrogens with zero attached hydrogens (tertiary/aromatic N) is 1. The number of aromatic nitrogens is 1. The molecule has 0 saturated carbocycles. The van der Waals surface area contributed by atoms with Crippen LogP contribution in [0.2, 0.25) is 5.04 Å². The van der Waals surface area contributed by atoms with E-state index in [0.717, 1.165) is 21.3 Å². The van der Waals surface area contributed by atoms with E-state index in [4.69, 9.17) is 4.74 Å². The largest absolute Gasteiger partial charge is 0.477 e. The number of pyridine rings is 1. The summed E-state index contributed by atoms with van der Waals surface area (Å²) in [7, 11) is -2.99. The Hall–Kier alpha value is -1.95. The lowest BCUT2D eigenvalue weighted by Crippen LogP contribution is -2.65. The quantitative estimate of drug-likeness (QED) is 0.482. The first-order valence-electron chi connectivity index (χ1n) is 9.91. The Labute approximate surface area is 183 Å². The van der Waals surface area contributed by atoms with E-state index in [2.05, 4.69) is 66.0 Å². The third-order valence-corrected chi connectivity index (χ3v) is 10.4. The van der Waals surface area contributed by atoms with E-state index in [1.807, 2.05) is 48.5 Å². The zero-order valence-corrected chi connectivity index (χ0v) is 19.8. The SMILES string of the molecule is CC(COc1ccc(Br)cn1)CC(C)(C)[Si](O)(c1ccccc1)c1ccccc1. The monoisotopic (exact) mass is 469 g/mol. The van der Waals surface area contributed by atoms with Crippen LogP contribution in [0.25, 0.3) is 0 Å². The number of hydrogen-bond acceptors (Lipinski definition) is 3. The molecule has 3 aromatic rings. The van der Waals surface area contributed by atoms with Crippen molar-refractivity contribution in [3.8, 4) is 5.88 Å². The van der Waals surface area contributed by atoms with E-state index in [9.17, 15) is 4.80 Å². The van der Waals surface area contributed by atoms with Crippen LogP contribution in [0.5, 0.6) is 5.88 Å². The number of benzene rings is 2. The van der Waals surface area contributed by atoms with E-state index in [0.29, 0.717) is 12.5 Å². The average molecular weight is 470 g/mol. The van der Waals surface area contributed by atoms with Crippen LogP contribution >= 0.6 is 15.9 Å². The van der Waals surface area contributed by atoms with E-state index in [-0.39, 0.29) is 11.0 Å². The molecule has 0 aliphatic heterocycles. The Balaban J connectivity index is 1.82. The van der Waals surface area contributed by atoms with Crippen molar-refractivity contribution in [1.29, 1.82) is 0 Å². The summed E-state index contributed by atoms with van der Waals surface area (Å²) in [6.45, 7) is 7.11. The van der Waals surface area contributed by atoms with Crippen molar-refractivity contribution >= 4 is 34.6 Å². The Morgan fingerprint density at radius 3 is 2.00 bits per heavy atom. The zero-order chi connectivity index (χ0) is 20.9. The molecule has 1 N–H and O–H groups in total. The molecule has 3 rings (SSSR count). The van der Waals surface area contributed by atoms with Crippen LogP contribution in [-0.2, 0) is 0 Å². The van der Waals surface area contributed by atoms with Gasteiger partial charge >= 0.3 is 0 Å². The topological polar surface area (TPSA) is 42.4 Å². The molecular formula is C24H28BrNO2Si. The van der Waals surface area contributed by atoms with Gasteiger partial charge in [0, 0.05) is 16.7 Å². The summed E-state index contributed by atoms with van der Waals surface area (Å²) >= 11 is 3.39. The molecule has 3 nitrogen and oxygen atoms in total. The Morgan fingerprint density at radius 2 is 1.52 bits per heavy atom. The number of halogens is 1. The minimum absolute atomic E-state index is 0.266. The number of ether oxygens (including phenoxy) is 1. The minimum Gasteiger partial charge on any atom is -0.477 e. The maximum Gasteiger partial charge on any atom is 0.258 e. The second-order valence-electron chi connectivity index (χ2n) is 8.26. The van der Waals surface area contributed by atoms with Crippen LogP contribution in [0.15, 0.2) is 83.5 Å². The molecule has 1 atom stereocenters. The second kappa shape index (κ2) is 9.24. The van der Waals surface area contributed by atoms with E-state index >= 15 is 0 Å². The van der Waals surface area contributed by atoms with Crippen molar-refractivity contribution in [2.24, 2.45) is 5.92 Å². The molecule has 0 fully saturated rings.